The van der Waals surface area contributed by atoms with Crippen LogP contribution in [0.5, 0.6) is 11.5 Å². The van der Waals surface area contributed by atoms with Gasteiger partial charge in [0.1, 0.15) is 11.5 Å². The van der Waals surface area contributed by atoms with E-state index in [0.29, 0.717) is 17.1 Å². The summed E-state index contributed by atoms with van der Waals surface area (Å²) >= 11 is 0. The summed E-state index contributed by atoms with van der Waals surface area (Å²) in [5, 5.41) is 0. The summed E-state index contributed by atoms with van der Waals surface area (Å²) in [5.41, 5.74) is 5.47. The number of carbonyl (C=O) groups is 1. The van der Waals surface area contributed by atoms with Gasteiger partial charge < -0.3 is 15.2 Å². The summed E-state index contributed by atoms with van der Waals surface area (Å²) in [6.45, 7) is 0. The lowest BCUT2D eigenvalue weighted by Crippen LogP contribution is -2.12. The van der Waals surface area contributed by atoms with Crippen molar-refractivity contribution < 1.29 is 14.3 Å². The third-order valence-electron chi connectivity index (χ3n) is 1.67. The van der Waals surface area contributed by atoms with Crippen LogP contribution in [0.3, 0.4) is 0 Å². The summed E-state index contributed by atoms with van der Waals surface area (Å²) in [6.07, 6.45) is 0. The number of hydrogen-bond acceptors (Lipinski definition) is 3. The Morgan fingerprint density at radius 3 is 2.20 bits per heavy atom. The molecule has 0 heterocycles. The largest absolute Gasteiger partial charge is 0.497 e. The maximum absolute atomic E-state index is 10.9. The Bertz CT molecular complexity index is 331. The normalized spacial score (nSPS) is 8.13. The molecule has 0 aliphatic carbocycles. The molecule has 0 aliphatic rings. The zero-order chi connectivity index (χ0) is 9.84. The van der Waals surface area contributed by atoms with Crippen molar-refractivity contribution >= 4 is 30.7 Å². The third-order valence-corrected chi connectivity index (χ3v) is 1.67. The van der Waals surface area contributed by atoms with Gasteiger partial charge in [0.2, 0.25) is 0 Å². The maximum atomic E-state index is 10.9. The van der Waals surface area contributed by atoms with Gasteiger partial charge in [-0.3, -0.25) is 4.79 Å². The Morgan fingerprint density at radius 2 is 1.80 bits per heavy atom. The highest BCUT2D eigenvalue weighted by Crippen LogP contribution is 2.23. The third kappa shape index (κ3) is 3.85. The number of amides is 1. The van der Waals surface area contributed by atoms with Gasteiger partial charge in [-0.1, -0.05) is 0 Å². The lowest BCUT2D eigenvalue weighted by atomic mass is 10.2. The molecule has 0 spiro atoms. The molecule has 0 aliphatic heterocycles. The highest BCUT2D eigenvalue weighted by Gasteiger charge is 2.08. The number of methoxy groups -OCH3 is 2. The van der Waals surface area contributed by atoms with E-state index >= 15 is 0 Å². The van der Waals surface area contributed by atoms with Crippen molar-refractivity contribution in [3.8, 4) is 11.5 Å². The second kappa shape index (κ2) is 7.20. The average molecular weight is 254 g/mol. The fourth-order valence-electron chi connectivity index (χ4n) is 1.00. The molecule has 4 nitrogen and oxygen atoms in total. The van der Waals surface area contributed by atoms with E-state index in [-0.39, 0.29) is 24.8 Å². The molecule has 0 fully saturated rings. The number of hydrogen-bond donors (Lipinski definition) is 1. The minimum atomic E-state index is -0.514. The lowest BCUT2D eigenvalue weighted by molar-refractivity contribution is 0.0997. The standard InChI is InChI=1S/C9H11NO3.2ClH/c1-12-6-3-4-7(9(10)11)8(5-6)13-2;;/h3-5H,1-2H3,(H2,10,11);2*1H. The molecule has 1 amide bonds. The molecule has 0 unspecified atom stereocenters. The van der Waals surface area contributed by atoms with Crippen LogP contribution in [0, 0.1) is 0 Å². The molecule has 15 heavy (non-hydrogen) atoms. The fourth-order valence-corrected chi connectivity index (χ4v) is 1.00. The van der Waals surface area contributed by atoms with E-state index in [1.54, 1.807) is 25.3 Å². The molecular formula is C9H13Cl2NO3. The van der Waals surface area contributed by atoms with Crippen LogP contribution in [0.15, 0.2) is 18.2 Å². The van der Waals surface area contributed by atoms with Gasteiger partial charge in [0.15, 0.2) is 0 Å². The van der Waals surface area contributed by atoms with E-state index < -0.39 is 5.91 Å². The Kier molecular flexibility index (Phi) is 7.83. The van der Waals surface area contributed by atoms with Gasteiger partial charge in [0, 0.05) is 6.07 Å². The molecule has 0 atom stereocenters. The predicted octanol–water partition coefficient (Wildman–Crippen LogP) is 1.65. The highest BCUT2D eigenvalue weighted by molar-refractivity contribution is 5.95. The molecule has 0 saturated carbocycles. The maximum Gasteiger partial charge on any atom is 0.252 e. The molecule has 0 bridgehead atoms. The summed E-state index contributed by atoms with van der Waals surface area (Å²) in [4.78, 5) is 10.9. The summed E-state index contributed by atoms with van der Waals surface area (Å²) < 4.78 is 9.93. The minimum absolute atomic E-state index is 0. The van der Waals surface area contributed by atoms with Gasteiger partial charge in [-0.15, -0.1) is 24.8 Å². The molecule has 0 saturated heterocycles. The van der Waals surface area contributed by atoms with Crippen molar-refractivity contribution in [2.75, 3.05) is 14.2 Å². The number of primary amides is 1. The van der Waals surface area contributed by atoms with Crippen LogP contribution in [0.4, 0.5) is 0 Å². The van der Waals surface area contributed by atoms with Crippen molar-refractivity contribution in [3.63, 3.8) is 0 Å². The van der Waals surface area contributed by atoms with Crippen LogP contribution in [0.25, 0.3) is 0 Å². The van der Waals surface area contributed by atoms with Gasteiger partial charge in [-0.05, 0) is 12.1 Å². The van der Waals surface area contributed by atoms with Gasteiger partial charge >= 0.3 is 0 Å². The van der Waals surface area contributed by atoms with Crippen molar-refractivity contribution in [1.82, 2.24) is 0 Å². The summed E-state index contributed by atoms with van der Waals surface area (Å²) in [5.74, 6) is 0.535. The minimum Gasteiger partial charge on any atom is -0.497 e. The Morgan fingerprint density at radius 1 is 1.20 bits per heavy atom. The van der Waals surface area contributed by atoms with Crippen LogP contribution >= 0.6 is 24.8 Å². The Labute approximate surface area is 101 Å². The van der Waals surface area contributed by atoms with Gasteiger partial charge in [-0.25, -0.2) is 0 Å². The summed E-state index contributed by atoms with van der Waals surface area (Å²) in [6, 6.07) is 4.84. The molecule has 0 aromatic heterocycles. The number of carbonyl (C=O) groups excluding carboxylic acids is 1. The zero-order valence-corrected chi connectivity index (χ0v) is 9.98. The molecule has 6 heteroatoms. The zero-order valence-electron chi connectivity index (χ0n) is 8.35. The van der Waals surface area contributed by atoms with Crippen LogP contribution < -0.4 is 15.2 Å². The van der Waals surface area contributed by atoms with E-state index in [0.717, 1.165) is 0 Å². The monoisotopic (exact) mass is 253 g/mol. The number of benzene rings is 1. The number of nitrogens with two attached hydrogens (primary N) is 1. The molecule has 86 valence electrons. The highest BCUT2D eigenvalue weighted by atomic mass is 35.5. The number of ether oxygens (including phenoxy) is 2. The van der Waals surface area contributed by atoms with Crippen LogP contribution in [0.1, 0.15) is 10.4 Å². The smallest absolute Gasteiger partial charge is 0.252 e. The number of rotatable bonds is 3. The Hall–Kier alpha value is -1.13. The topological polar surface area (TPSA) is 61.5 Å². The molecule has 1 aromatic carbocycles. The Balaban J connectivity index is 0. The fraction of sp³-hybridized carbons (Fsp3) is 0.222. The molecule has 1 aromatic rings. The predicted molar refractivity (Wildman–Crippen MR) is 62.6 cm³/mol. The summed E-state index contributed by atoms with van der Waals surface area (Å²) in [7, 11) is 3.01. The van der Waals surface area contributed by atoms with Gasteiger partial charge in [0.05, 0.1) is 19.8 Å². The number of halogens is 2. The second-order valence-electron chi connectivity index (χ2n) is 2.43. The van der Waals surface area contributed by atoms with Crippen LogP contribution in [-0.2, 0) is 0 Å². The van der Waals surface area contributed by atoms with Gasteiger partial charge in [-0.2, -0.15) is 0 Å². The van der Waals surface area contributed by atoms with E-state index in [2.05, 4.69) is 0 Å². The first kappa shape index (κ1) is 16.3. The van der Waals surface area contributed by atoms with E-state index in [1.807, 2.05) is 0 Å². The van der Waals surface area contributed by atoms with Crippen molar-refractivity contribution in [3.05, 3.63) is 23.8 Å². The molecule has 1 rings (SSSR count). The van der Waals surface area contributed by atoms with Crippen molar-refractivity contribution in [1.29, 1.82) is 0 Å². The second-order valence-corrected chi connectivity index (χ2v) is 2.43. The van der Waals surface area contributed by atoms with E-state index in [1.165, 1.54) is 7.11 Å². The molecule has 2 N–H and O–H groups in total. The first-order valence-electron chi connectivity index (χ1n) is 3.71. The lowest BCUT2D eigenvalue weighted by Gasteiger charge is -2.06. The SMILES string of the molecule is COc1ccc(C(N)=O)c(OC)c1.Cl.Cl. The first-order chi connectivity index (χ1) is 6.19. The van der Waals surface area contributed by atoms with Crippen molar-refractivity contribution in [2.24, 2.45) is 5.73 Å². The molecular weight excluding hydrogens is 241 g/mol. The van der Waals surface area contributed by atoms with Crippen molar-refractivity contribution in [2.45, 2.75) is 0 Å². The van der Waals surface area contributed by atoms with E-state index in [4.69, 9.17) is 15.2 Å². The van der Waals surface area contributed by atoms with Crippen LogP contribution in [-0.4, -0.2) is 20.1 Å². The van der Waals surface area contributed by atoms with E-state index in [9.17, 15) is 4.79 Å². The molecule has 0 radical (unpaired) electrons. The van der Waals surface area contributed by atoms with Crippen LogP contribution in [0.2, 0.25) is 0 Å². The average Bonchev–Trinajstić information content (AvgIpc) is 2.16. The quantitative estimate of drug-likeness (QED) is 0.891. The van der Waals surface area contributed by atoms with Gasteiger partial charge in [0.25, 0.3) is 5.91 Å². The first-order valence-corrected chi connectivity index (χ1v) is 3.71.